The standard InChI is InChI=1S/C3H11O3PS.K.H/c1-8(2,3)6-7(4)5;;/h7H,1-3H3,(H,4,5);;. The van der Waals surface area contributed by atoms with E-state index in [0.29, 0.717) is 0 Å². The average Bonchev–Trinajstić information content (AvgIpc) is 1.21. The van der Waals surface area contributed by atoms with Crippen LogP contribution in [0.4, 0.5) is 0 Å². The van der Waals surface area contributed by atoms with E-state index < -0.39 is 18.6 Å². The van der Waals surface area contributed by atoms with Crippen LogP contribution in [-0.4, -0.2) is 75.0 Å². The molecule has 0 saturated carbocycles. The molecule has 1 N–H and O–H groups in total. The van der Waals surface area contributed by atoms with Gasteiger partial charge in [-0.1, -0.05) is 0 Å². The Morgan fingerprint density at radius 1 is 1.44 bits per heavy atom. The molecule has 9 heavy (non-hydrogen) atoms. The van der Waals surface area contributed by atoms with E-state index in [1.54, 1.807) is 0 Å². The summed E-state index contributed by atoms with van der Waals surface area (Å²) >= 11 is 0. The van der Waals surface area contributed by atoms with Gasteiger partial charge in [0.05, 0.1) is 0 Å². The molecular weight excluding hydrogens is 186 g/mol. The molecule has 1 unspecified atom stereocenters. The summed E-state index contributed by atoms with van der Waals surface area (Å²) in [6.45, 7) is 0. The van der Waals surface area contributed by atoms with Crippen molar-refractivity contribution in [1.29, 1.82) is 0 Å². The van der Waals surface area contributed by atoms with E-state index in [1.807, 2.05) is 18.8 Å². The Bertz CT molecular complexity index is 102. The molecule has 0 aliphatic heterocycles. The molecule has 0 aromatic carbocycles. The third kappa shape index (κ3) is 13.2. The maximum absolute atomic E-state index is 10.00. The topological polar surface area (TPSA) is 46.5 Å². The number of hydrogen-bond donors (Lipinski definition) is 1. The van der Waals surface area contributed by atoms with Crippen LogP contribution < -0.4 is 0 Å². The Hall–Kier alpha value is 2.14. The molecule has 0 heterocycles. The van der Waals surface area contributed by atoms with E-state index in [9.17, 15) is 4.57 Å². The molecule has 0 aromatic rings. The summed E-state index contributed by atoms with van der Waals surface area (Å²) in [6.07, 6.45) is 5.43. The van der Waals surface area contributed by atoms with Crippen LogP contribution in [0.25, 0.3) is 0 Å². The third-order valence-corrected chi connectivity index (χ3v) is 2.89. The maximum atomic E-state index is 10.00. The number of hydrogen-bond acceptors (Lipinski definition) is 2. The van der Waals surface area contributed by atoms with Crippen molar-refractivity contribution in [3.05, 3.63) is 0 Å². The van der Waals surface area contributed by atoms with Crippen LogP contribution in [0, 0.1) is 0 Å². The Kier molecular flexibility index (Phi) is 8.75. The van der Waals surface area contributed by atoms with Crippen LogP contribution >= 0.6 is 18.6 Å². The fourth-order valence-electron chi connectivity index (χ4n) is 0.214. The first-order valence-electron chi connectivity index (χ1n) is 2.02. The van der Waals surface area contributed by atoms with Crippen LogP contribution in [0.15, 0.2) is 0 Å². The van der Waals surface area contributed by atoms with Crippen LogP contribution in [0.5, 0.6) is 0 Å². The second-order valence-electron chi connectivity index (χ2n) is 2.07. The third-order valence-electron chi connectivity index (χ3n) is 0.321. The number of rotatable bonds is 2. The van der Waals surface area contributed by atoms with Gasteiger partial charge in [0, 0.05) is 0 Å². The molecule has 0 aromatic heterocycles. The molecule has 0 spiro atoms. The second kappa shape index (κ2) is 5.74. The second-order valence-corrected chi connectivity index (χ2v) is 6.72. The van der Waals surface area contributed by atoms with Gasteiger partial charge in [-0.2, -0.15) is 0 Å². The Balaban J connectivity index is 0. The van der Waals surface area contributed by atoms with Crippen LogP contribution in [0.2, 0.25) is 0 Å². The zero-order valence-electron chi connectivity index (χ0n) is 5.17. The molecule has 0 saturated heterocycles. The molecule has 0 radical (unpaired) electrons. The van der Waals surface area contributed by atoms with Crippen molar-refractivity contribution in [2.45, 2.75) is 0 Å². The Labute approximate surface area is 100 Å². The van der Waals surface area contributed by atoms with Gasteiger partial charge in [0.2, 0.25) is 0 Å². The monoisotopic (exact) mass is 198 g/mol. The van der Waals surface area contributed by atoms with Gasteiger partial charge in [-0.15, -0.1) is 10.3 Å². The molecule has 6 heteroatoms. The zero-order valence-corrected chi connectivity index (χ0v) is 6.99. The van der Waals surface area contributed by atoms with E-state index >= 15 is 0 Å². The molecule has 54 valence electrons. The predicted octanol–water partition coefficient (Wildman–Crippen LogP) is 0.345. The zero-order chi connectivity index (χ0) is 6.78. The molecule has 0 amide bonds. The van der Waals surface area contributed by atoms with Crippen LogP contribution in [0.3, 0.4) is 0 Å². The summed E-state index contributed by atoms with van der Waals surface area (Å²) < 4.78 is 14.6. The molecule has 0 rings (SSSR count). The van der Waals surface area contributed by atoms with Crippen molar-refractivity contribution in [2.75, 3.05) is 18.8 Å². The van der Waals surface area contributed by atoms with E-state index in [2.05, 4.69) is 3.97 Å². The molecule has 0 fully saturated rings. The van der Waals surface area contributed by atoms with Gasteiger partial charge >= 0.3 is 59.6 Å². The van der Waals surface area contributed by atoms with E-state index in [-0.39, 0.29) is 51.4 Å². The minimum atomic E-state index is -2.70. The van der Waals surface area contributed by atoms with Gasteiger partial charge in [0.25, 0.3) is 0 Å². The first-order chi connectivity index (χ1) is 3.42. The first-order valence-corrected chi connectivity index (χ1v) is 6.07. The molecule has 0 bridgehead atoms. The molecule has 3 nitrogen and oxygen atoms in total. The van der Waals surface area contributed by atoms with Gasteiger partial charge in [0.15, 0.2) is 0 Å². The van der Waals surface area contributed by atoms with Crippen LogP contribution in [-0.2, 0) is 8.54 Å². The summed E-state index contributed by atoms with van der Waals surface area (Å²) in [5, 5.41) is 0. The minimum absolute atomic E-state index is 0. The summed E-state index contributed by atoms with van der Waals surface area (Å²) in [6, 6.07) is 0. The van der Waals surface area contributed by atoms with Crippen molar-refractivity contribution in [2.24, 2.45) is 0 Å². The van der Waals surface area contributed by atoms with Gasteiger partial charge in [-0.05, 0) is 18.8 Å². The summed E-state index contributed by atoms with van der Waals surface area (Å²) in [5.41, 5.74) is 0. The fraction of sp³-hybridized carbons (Fsp3) is 1.00. The molecular formula is C3H12KO3PS. The molecule has 0 aliphatic rings. The van der Waals surface area contributed by atoms with Crippen molar-refractivity contribution < 1.29 is 13.4 Å². The van der Waals surface area contributed by atoms with Gasteiger partial charge < -0.3 is 4.89 Å². The van der Waals surface area contributed by atoms with Crippen molar-refractivity contribution in [3.8, 4) is 0 Å². The van der Waals surface area contributed by atoms with Crippen molar-refractivity contribution in [3.63, 3.8) is 0 Å². The summed E-state index contributed by atoms with van der Waals surface area (Å²) in [5.74, 6) is 0. The van der Waals surface area contributed by atoms with Gasteiger partial charge in [-0.25, -0.2) is 0 Å². The quantitative estimate of drug-likeness (QED) is 0.514. The Morgan fingerprint density at radius 2 is 1.78 bits per heavy atom. The van der Waals surface area contributed by atoms with E-state index in [1.165, 1.54) is 0 Å². The fourth-order valence-corrected chi connectivity index (χ4v) is 1.92. The Morgan fingerprint density at radius 3 is 1.78 bits per heavy atom. The van der Waals surface area contributed by atoms with E-state index in [4.69, 9.17) is 4.89 Å². The van der Waals surface area contributed by atoms with Gasteiger partial charge in [0.1, 0.15) is 0 Å². The predicted molar refractivity (Wildman–Crippen MR) is 44.8 cm³/mol. The van der Waals surface area contributed by atoms with Crippen molar-refractivity contribution >= 4 is 69.9 Å². The summed E-state index contributed by atoms with van der Waals surface area (Å²) in [7, 11) is -3.95. The van der Waals surface area contributed by atoms with Crippen LogP contribution in [0.1, 0.15) is 0 Å². The molecule has 0 aliphatic carbocycles. The van der Waals surface area contributed by atoms with Gasteiger partial charge in [-0.3, -0.25) is 8.54 Å². The molecule has 1 atom stereocenters. The van der Waals surface area contributed by atoms with E-state index in [0.717, 1.165) is 0 Å². The normalized spacial score (nSPS) is 16.0. The van der Waals surface area contributed by atoms with Crippen molar-refractivity contribution in [1.82, 2.24) is 0 Å². The SMILES string of the molecule is CS(C)(C)O[PH](=O)O.[KH]. The average molecular weight is 198 g/mol. The first kappa shape index (κ1) is 13.7. The summed E-state index contributed by atoms with van der Waals surface area (Å²) in [4.78, 5) is 8.23.